The molecule has 0 N–H and O–H groups in total. The normalized spacial score (nSPS) is 8.00. The minimum atomic E-state index is -0.358. The van der Waals surface area contributed by atoms with E-state index in [0.29, 0.717) is 5.56 Å². The second kappa shape index (κ2) is 5.34. The van der Waals surface area contributed by atoms with Gasteiger partial charge in [0.2, 0.25) is 0 Å². The molecule has 1 heterocycles. The molecule has 0 aliphatic carbocycles. The summed E-state index contributed by atoms with van der Waals surface area (Å²) in [4.78, 5) is 14.1. The van der Waals surface area contributed by atoms with Gasteiger partial charge in [-0.05, 0) is 6.07 Å². The first-order valence-electron chi connectivity index (χ1n) is 2.42. The van der Waals surface area contributed by atoms with E-state index in [1.807, 2.05) is 0 Å². The average Bonchev–Trinajstić information content (AvgIpc) is 1.90. The van der Waals surface area contributed by atoms with Crippen LogP contribution in [0.25, 0.3) is 0 Å². The van der Waals surface area contributed by atoms with Crippen LogP contribution in [-0.4, -0.2) is 10.1 Å². The third kappa shape index (κ3) is 3.18. The van der Waals surface area contributed by atoms with Gasteiger partial charge in [-0.2, -0.15) is 0 Å². The van der Waals surface area contributed by atoms with E-state index >= 15 is 0 Å². The van der Waals surface area contributed by atoms with Gasteiger partial charge >= 0.3 is 51.4 Å². The van der Waals surface area contributed by atoms with Gasteiger partial charge in [0.25, 0.3) is 0 Å². The van der Waals surface area contributed by atoms with Crippen LogP contribution < -0.4 is 51.4 Å². The van der Waals surface area contributed by atoms with E-state index in [4.69, 9.17) is 0 Å². The zero-order valence-corrected chi connectivity index (χ0v) is 9.51. The molecule has 10 heavy (non-hydrogen) atoms. The SMILES string of the molecule is O=C([S-])c1cccnc1.[K+]. The van der Waals surface area contributed by atoms with Gasteiger partial charge in [0.1, 0.15) is 0 Å². The molecule has 0 atom stereocenters. The first-order valence-corrected chi connectivity index (χ1v) is 2.83. The molecule has 0 saturated heterocycles. The van der Waals surface area contributed by atoms with Gasteiger partial charge in [0, 0.05) is 23.1 Å². The summed E-state index contributed by atoms with van der Waals surface area (Å²) < 4.78 is 0. The molecule has 1 aromatic rings. The number of hydrogen-bond acceptors (Lipinski definition) is 3. The van der Waals surface area contributed by atoms with Gasteiger partial charge in [-0.15, -0.1) is 0 Å². The van der Waals surface area contributed by atoms with Crippen molar-refractivity contribution in [1.82, 2.24) is 4.98 Å². The van der Waals surface area contributed by atoms with Gasteiger partial charge in [-0.1, -0.05) is 6.07 Å². The number of carbonyl (C=O) groups excluding carboxylic acids is 1. The molecule has 2 nitrogen and oxygen atoms in total. The third-order valence-corrected chi connectivity index (χ3v) is 1.13. The smallest absolute Gasteiger partial charge is 0.737 e. The predicted octanol–water partition coefficient (Wildman–Crippen LogP) is -2.23. The Balaban J connectivity index is 0.000000810. The minimum absolute atomic E-state index is 0. The van der Waals surface area contributed by atoms with Crippen molar-refractivity contribution in [1.29, 1.82) is 0 Å². The van der Waals surface area contributed by atoms with Crippen LogP contribution in [-0.2, 0) is 12.6 Å². The summed E-state index contributed by atoms with van der Waals surface area (Å²) in [5.41, 5.74) is 0.479. The Morgan fingerprint density at radius 3 is 2.60 bits per heavy atom. The van der Waals surface area contributed by atoms with Crippen LogP contribution in [0.15, 0.2) is 24.5 Å². The maximum atomic E-state index is 10.4. The summed E-state index contributed by atoms with van der Waals surface area (Å²) in [5, 5.41) is -0.358. The fraction of sp³-hybridized carbons (Fsp3) is 0. The van der Waals surface area contributed by atoms with Gasteiger partial charge in [-0.25, -0.2) is 0 Å². The van der Waals surface area contributed by atoms with Crippen molar-refractivity contribution in [3.05, 3.63) is 30.1 Å². The molecule has 1 rings (SSSR count). The maximum absolute atomic E-state index is 10.4. The molecule has 0 spiro atoms. The van der Waals surface area contributed by atoms with Crippen molar-refractivity contribution in [3.8, 4) is 0 Å². The largest absolute Gasteiger partial charge is 1.00 e. The van der Waals surface area contributed by atoms with Crippen LogP contribution in [0.3, 0.4) is 0 Å². The molecular formula is C6H4KNOS. The van der Waals surface area contributed by atoms with Crippen LogP contribution in [0.1, 0.15) is 10.4 Å². The summed E-state index contributed by atoms with van der Waals surface area (Å²) in [7, 11) is 0. The van der Waals surface area contributed by atoms with Gasteiger partial charge in [0.05, 0.1) is 0 Å². The van der Waals surface area contributed by atoms with E-state index in [9.17, 15) is 4.79 Å². The molecule has 0 aliphatic heterocycles. The van der Waals surface area contributed by atoms with E-state index in [1.165, 1.54) is 6.20 Å². The summed E-state index contributed by atoms with van der Waals surface area (Å²) in [6.07, 6.45) is 3.05. The summed E-state index contributed by atoms with van der Waals surface area (Å²) in [5.74, 6) is 0. The second-order valence-electron chi connectivity index (χ2n) is 1.53. The zero-order chi connectivity index (χ0) is 6.69. The molecular weight excluding hydrogens is 173 g/mol. The zero-order valence-electron chi connectivity index (χ0n) is 5.57. The molecule has 0 radical (unpaired) electrons. The number of nitrogens with zero attached hydrogens (tertiary/aromatic N) is 1. The molecule has 0 unspecified atom stereocenters. The maximum Gasteiger partial charge on any atom is 1.00 e. The quantitative estimate of drug-likeness (QED) is 0.359. The number of hydrogen-bond donors (Lipinski definition) is 0. The van der Waals surface area contributed by atoms with E-state index in [1.54, 1.807) is 18.3 Å². The van der Waals surface area contributed by atoms with Gasteiger partial charge in [-0.3, -0.25) is 4.98 Å². The van der Waals surface area contributed by atoms with Crippen LogP contribution in [0.5, 0.6) is 0 Å². The van der Waals surface area contributed by atoms with E-state index < -0.39 is 0 Å². The summed E-state index contributed by atoms with van der Waals surface area (Å²) >= 11 is 4.37. The minimum Gasteiger partial charge on any atom is -0.737 e. The van der Waals surface area contributed by atoms with E-state index in [2.05, 4.69) is 17.6 Å². The number of pyridine rings is 1. The van der Waals surface area contributed by atoms with Crippen molar-refractivity contribution in [2.75, 3.05) is 0 Å². The standard InChI is InChI=1S/C6H5NOS.K/c8-6(9)5-2-1-3-7-4-5;/h1-4H,(H,8,9);/q;+1/p-1. The number of aromatic nitrogens is 1. The van der Waals surface area contributed by atoms with Gasteiger partial charge in [0.15, 0.2) is 0 Å². The fourth-order valence-electron chi connectivity index (χ4n) is 0.484. The van der Waals surface area contributed by atoms with Crippen molar-refractivity contribution < 1.29 is 56.2 Å². The molecule has 0 saturated carbocycles. The Bertz CT molecular complexity index is 214. The average molecular weight is 177 g/mol. The van der Waals surface area contributed by atoms with E-state index in [0.717, 1.165) is 0 Å². The number of rotatable bonds is 1. The molecule has 0 aromatic carbocycles. The first-order chi connectivity index (χ1) is 4.30. The fourth-order valence-corrected chi connectivity index (χ4v) is 0.604. The second-order valence-corrected chi connectivity index (χ2v) is 1.90. The van der Waals surface area contributed by atoms with E-state index in [-0.39, 0.29) is 56.5 Å². The van der Waals surface area contributed by atoms with Crippen molar-refractivity contribution in [3.63, 3.8) is 0 Å². The molecule has 0 bridgehead atoms. The Morgan fingerprint density at radius 1 is 1.60 bits per heavy atom. The van der Waals surface area contributed by atoms with Crippen LogP contribution >= 0.6 is 0 Å². The third-order valence-electron chi connectivity index (χ3n) is 0.897. The Kier molecular flexibility index (Phi) is 5.70. The van der Waals surface area contributed by atoms with Crippen LogP contribution in [0.4, 0.5) is 0 Å². The Hall–Kier alpha value is 0.676. The molecule has 1 aromatic heterocycles. The molecule has 0 aliphatic rings. The first kappa shape index (κ1) is 10.7. The summed E-state index contributed by atoms with van der Waals surface area (Å²) in [6, 6.07) is 3.32. The molecule has 0 amide bonds. The molecule has 0 fully saturated rings. The van der Waals surface area contributed by atoms with Crippen molar-refractivity contribution >= 4 is 17.7 Å². The van der Waals surface area contributed by atoms with Crippen LogP contribution in [0.2, 0.25) is 0 Å². The summed E-state index contributed by atoms with van der Waals surface area (Å²) in [6.45, 7) is 0. The van der Waals surface area contributed by atoms with Crippen molar-refractivity contribution in [2.24, 2.45) is 0 Å². The van der Waals surface area contributed by atoms with Crippen LogP contribution in [0, 0.1) is 0 Å². The molecule has 4 heteroatoms. The predicted molar refractivity (Wildman–Crippen MR) is 35.9 cm³/mol. The van der Waals surface area contributed by atoms with Gasteiger partial charge < -0.3 is 17.4 Å². The topological polar surface area (TPSA) is 30.0 Å². The number of carbonyl (C=O) groups is 1. The Morgan fingerprint density at radius 2 is 2.30 bits per heavy atom. The molecule has 46 valence electrons. The Labute approximate surface area is 107 Å². The monoisotopic (exact) mass is 177 g/mol. The van der Waals surface area contributed by atoms with Crippen molar-refractivity contribution in [2.45, 2.75) is 0 Å².